The monoisotopic (exact) mass is 245 g/mol. The van der Waals surface area contributed by atoms with Crippen LogP contribution in [0, 0.1) is 0 Å². The Bertz CT molecular complexity index is 251. The average Bonchev–Trinajstić information content (AvgIpc) is 2.77. The van der Waals surface area contributed by atoms with Gasteiger partial charge in [0.1, 0.15) is 11.3 Å². The molecule has 5 heteroatoms. The second-order valence-corrected chi connectivity index (χ2v) is 5.37. The minimum atomic E-state index is -0.318. The number of aliphatic hydroxyl groups is 1. The van der Waals surface area contributed by atoms with Crippen molar-refractivity contribution in [1.29, 1.82) is 0 Å². The molecule has 17 heavy (non-hydrogen) atoms. The molecule has 2 fully saturated rings. The van der Waals surface area contributed by atoms with Gasteiger partial charge in [0, 0.05) is 19.7 Å². The largest absolute Gasteiger partial charge is 0.462 e. The van der Waals surface area contributed by atoms with Gasteiger partial charge in [0.25, 0.3) is 6.47 Å². The highest BCUT2D eigenvalue weighted by Gasteiger charge is 2.55. The van der Waals surface area contributed by atoms with Gasteiger partial charge in [-0.3, -0.25) is 9.69 Å². The van der Waals surface area contributed by atoms with Gasteiger partial charge in [0.05, 0.1) is 6.61 Å². The molecule has 0 radical (unpaired) electrons. The molecule has 2 unspecified atom stereocenters. The van der Waals surface area contributed by atoms with Crippen LogP contribution in [-0.4, -0.2) is 54.1 Å². The van der Waals surface area contributed by atoms with E-state index in [4.69, 9.17) is 9.84 Å². The summed E-state index contributed by atoms with van der Waals surface area (Å²) in [7, 11) is 0. The zero-order valence-electron chi connectivity index (χ0n) is 10.9. The van der Waals surface area contributed by atoms with Gasteiger partial charge in [0.15, 0.2) is 0 Å². The van der Waals surface area contributed by atoms with Crippen LogP contribution in [0.1, 0.15) is 33.6 Å². The molecule has 5 nitrogen and oxygen atoms in total. The van der Waals surface area contributed by atoms with Crippen molar-refractivity contribution in [2.75, 3.05) is 26.3 Å². The van der Waals surface area contributed by atoms with Crippen LogP contribution in [0.4, 0.5) is 0 Å². The van der Waals surface area contributed by atoms with Crippen LogP contribution in [0.2, 0.25) is 0 Å². The van der Waals surface area contributed by atoms with Crippen LogP contribution < -0.4 is 0 Å². The second kappa shape index (κ2) is 5.80. The van der Waals surface area contributed by atoms with Crippen molar-refractivity contribution in [2.45, 2.75) is 44.9 Å². The van der Waals surface area contributed by atoms with Crippen molar-refractivity contribution in [1.82, 2.24) is 4.90 Å². The molecule has 2 aliphatic rings. The van der Waals surface area contributed by atoms with E-state index in [0.29, 0.717) is 13.1 Å². The van der Waals surface area contributed by atoms with E-state index < -0.39 is 0 Å². The summed E-state index contributed by atoms with van der Waals surface area (Å²) in [4.78, 5) is 11.9. The summed E-state index contributed by atoms with van der Waals surface area (Å²) in [5.41, 5.74) is -0.232. The molecule has 2 saturated heterocycles. The molecule has 2 aliphatic heterocycles. The first-order chi connectivity index (χ1) is 7.93. The van der Waals surface area contributed by atoms with E-state index in [2.05, 4.69) is 9.64 Å². The zero-order valence-corrected chi connectivity index (χ0v) is 10.9. The van der Waals surface area contributed by atoms with Gasteiger partial charge in [-0.2, -0.15) is 0 Å². The first-order valence-electron chi connectivity index (χ1n) is 6.05. The Morgan fingerprint density at radius 1 is 1.53 bits per heavy atom. The van der Waals surface area contributed by atoms with Crippen molar-refractivity contribution < 1.29 is 19.4 Å². The Morgan fingerprint density at radius 3 is 2.53 bits per heavy atom. The molecule has 1 N–H and O–H groups in total. The zero-order chi connectivity index (χ0) is 12.9. The number of ether oxygens (including phenoxy) is 2. The van der Waals surface area contributed by atoms with Crippen LogP contribution in [-0.2, 0) is 14.3 Å². The SMILES string of the molecule is CC(C)(C)OC=O.OCCCC12CN1CCO2. The van der Waals surface area contributed by atoms with E-state index >= 15 is 0 Å². The van der Waals surface area contributed by atoms with Crippen LogP contribution >= 0.6 is 0 Å². The molecular formula is C12H23NO4. The van der Waals surface area contributed by atoms with Gasteiger partial charge in [-0.1, -0.05) is 0 Å². The summed E-state index contributed by atoms with van der Waals surface area (Å²) < 4.78 is 10.1. The van der Waals surface area contributed by atoms with Gasteiger partial charge in [-0.05, 0) is 33.6 Å². The fourth-order valence-corrected chi connectivity index (χ4v) is 1.84. The summed E-state index contributed by atoms with van der Waals surface area (Å²) in [5.74, 6) is 0. The Balaban J connectivity index is 0.000000185. The van der Waals surface area contributed by atoms with E-state index in [1.54, 1.807) is 0 Å². The molecule has 2 rings (SSSR count). The van der Waals surface area contributed by atoms with Crippen molar-refractivity contribution in [3.05, 3.63) is 0 Å². The lowest BCUT2D eigenvalue weighted by Gasteiger charge is -2.14. The Hall–Kier alpha value is -0.650. The number of hydrogen-bond donors (Lipinski definition) is 1. The molecule has 100 valence electrons. The number of carbonyl (C=O) groups excluding carboxylic acids is 1. The van der Waals surface area contributed by atoms with E-state index in [1.165, 1.54) is 0 Å². The number of hydrogen-bond acceptors (Lipinski definition) is 5. The van der Waals surface area contributed by atoms with Crippen LogP contribution in [0.5, 0.6) is 0 Å². The number of aliphatic hydroxyl groups excluding tert-OH is 1. The molecule has 0 saturated carbocycles. The Labute approximate surface area is 103 Å². The smallest absolute Gasteiger partial charge is 0.293 e. The second-order valence-electron chi connectivity index (χ2n) is 5.37. The third kappa shape index (κ3) is 4.61. The molecule has 0 spiro atoms. The van der Waals surface area contributed by atoms with E-state index in [-0.39, 0.29) is 11.3 Å². The van der Waals surface area contributed by atoms with Gasteiger partial charge in [-0.15, -0.1) is 0 Å². The van der Waals surface area contributed by atoms with E-state index in [9.17, 15) is 4.79 Å². The highest BCUT2D eigenvalue weighted by atomic mass is 16.5. The van der Waals surface area contributed by atoms with E-state index in [1.807, 2.05) is 20.8 Å². The topological polar surface area (TPSA) is 58.8 Å². The third-order valence-corrected chi connectivity index (χ3v) is 2.77. The number of rotatable bonds is 4. The summed E-state index contributed by atoms with van der Waals surface area (Å²) >= 11 is 0. The fourth-order valence-electron chi connectivity index (χ4n) is 1.84. The van der Waals surface area contributed by atoms with Crippen LogP contribution in [0.25, 0.3) is 0 Å². The molecule has 2 heterocycles. The lowest BCUT2D eigenvalue weighted by Crippen LogP contribution is -2.17. The molecule has 0 aliphatic carbocycles. The number of morpholine rings is 1. The lowest BCUT2D eigenvalue weighted by atomic mass is 10.2. The molecule has 0 aromatic rings. The quantitative estimate of drug-likeness (QED) is 0.585. The predicted octanol–water partition coefficient (Wildman–Crippen LogP) is 0.759. The molecule has 0 aromatic carbocycles. The normalized spacial score (nSPS) is 30.0. The number of nitrogens with zero attached hydrogens (tertiary/aromatic N) is 1. The predicted molar refractivity (Wildman–Crippen MR) is 63.5 cm³/mol. The maximum atomic E-state index is 9.60. The number of fused-ring (bicyclic) bond motifs is 1. The highest BCUT2D eigenvalue weighted by Crippen LogP contribution is 2.41. The van der Waals surface area contributed by atoms with Gasteiger partial charge in [-0.25, -0.2) is 0 Å². The average molecular weight is 245 g/mol. The molecule has 0 amide bonds. The first-order valence-corrected chi connectivity index (χ1v) is 6.05. The van der Waals surface area contributed by atoms with Crippen molar-refractivity contribution in [3.63, 3.8) is 0 Å². The fraction of sp³-hybridized carbons (Fsp3) is 0.917. The Kier molecular flexibility index (Phi) is 4.91. The minimum absolute atomic E-state index is 0.0860. The maximum Gasteiger partial charge on any atom is 0.293 e. The standard InChI is InChI=1S/C7H13NO2.C5H10O2/c9-4-1-2-7-6-8(7)3-5-10-7;1-5(2,3)7-4-6/h9H,1-6H2;4H,1-3H3. The summed E-state index contributed by atoms with van der Waals surface area (Å²) in [5, 5.41) is 8.59. The van der Waals surface area contributed by atoms with Crippen molar-refractivity contribution in [2.24, 2.45) is 0 Å². The molecular weight excluding hydrogens is 222 g/mol. The summed E-state index contributed by atoms with van der Waals surface area (Å²) in [6, 6.07) is 0. The highest BCUT2D eigenvalue weighted by molar-refractivity contribution is 5.37. The summed E-state index contributed by atoms with van der Waals surface area (Å²) in [6.07, 6.45) is 1.88. The van der Waals surface area contributed by atoms with Crippen LogP contribution in [0.3, 0.4) is 0 Å². The summed E-state index contributed by atoms with van der Waals surface area (Å²) in [6.45, 7) is 9.27. The maximum absolute atomic E-state index is 9.60. The van der Waals surface area contributed by atoms with Crippen molar-refractivity contribution in [3.8, 4) is 0 Å². The van der Waals surface area contributed by atoms with Gasteiger partial charge >= 0.3 is 0 Å². The van der Waals surface area contributed by atoms with Gasteiger partial charge in [0.2, 0.25) is 0 Å². The third-order valence-electron chi connectivity index (χ3n) is 2.77. The number of carbonyl (C=O) groups is 1. The van der Waals surface area contributed by atoms with Crippen molar-refractivity contribution >= 4 is 6.47 Å². The Morgan fingerprint density at radius 2 is 2.24 bits per heavy atom. The molecule has 0 bridgehead atoms. The molecule has 0 aromatic heterocycles. The van der Waals surface area contributed by atoms with E-state index in [0.717, 1.165) is 32.5 Å². The molecule has 2 atom stereocenters. The lowest BCUT2D eigenvalue weighted by molar-refractivity contribution is -0.138. The van der Waals surface area contributed by atoms with Crippen LogP contribution in [0.15, 0.2) is 0 Å². The minimum Gasteiger partial charge on any atom is -0.462 e. The first kappa shape index (κ1) is 14.4. The van der Waals surface area contributed by atoms with Gasteiger partial charge < -0.3 is 14.6 Å².